The number of rotatable bonds is 7. The maximum Gasteiger partial charge on any atom is 0.134 e. The first-order chi connectivity index (χ1) is 14.2. The summed E-state index contributed by atoms with van der Waals surface area (Å²) < 4.78 is 4.24. The summed E-state index contributed by atoms with van der Waals surface area (Å²) in [5.74, 6) is 0. The van der Waals surface area contributed by atoms with Crippen LogP contribution >= 0.6 is 45.3 Å². The van der Waals surface area contributed by atoms with E-state index in [4.69, 9.17) is 4.98 Å². The summed E-state index contributed by atoms with van der Waals surface area (Å²) in [5, 5.41) is 4.07. The number of aromatic nitrogens is 1. The molecule has 0 aliphatic carbocycles. The van der Waals surface area contributed by atoms with Crippen LogP contribution in [0.4, 0.5) is 0 Å². The van der Waals surface area contributed by atoms with Gasteiger partial charge in [0, 0.05) is 25.4 Å². The molecule has 0 bridgehead atoms. The zero-order valence-electron chi connectivity index (χ0n) is 17.1. The molecule has 0 spiro atoms. The molecule has 0 atom stereocenters. The van der Waals surface area contributed by atoms with Crippen molar-refractivity contribution in [2.45, 2.75) is 59.3 Å². The van der Waals surface area contributed by atoms with Gasteiger partial charge in [-0.05, 0) is 43.5 Å². The minimum absolute atomic E-state index is 1.16. The highest BCUT2D eigenvalue weighted by molar-refractivity contribution is 7.31. The van der Waals surface area contributed by atoms with Gasteiger partial charge in [0.25, 0.3) is 0 Å². The topological polar surface area (TPSA) is 12.9 Å². The molecule has 150 valence electrons. The average molecular weight is 456 g/mol. The van der Waals surface area contributed by atoms with Crippen molar-refractivity contribution in [1.82, 2.24) is 4.98 Å². The molecule has 1 nitrogen and oxygen atoms in total. The number of aryl methyl sites for hydroxylation is 3. The third kappa shape index (κ3) is 3.46. The van der Waals surface area contributed by atoms with Crippen LogP contribution in [-0.4, -0.2) is 4.98 Å². The van der Waals surface area contributed by atoms with Crippen LogP contribution in [0.25, 0.3) is 40.3 Å². The van der Waals surface area contributed by atoms with E-state index in [1.54, 1.807) is 0 Å². The number of thiophene rings is 3. The van der Waals surface area contributed by atoms with Gasteiger partial charge in [0.1, 0.15) is 10.5 Å². The summed E-state index contributed by atoms with van der Waals surface area (Å²) in [5.41, 5.74) is 1.23. The van der Waals surface area contributed by atoms with Gasteiger partial charge in [0.15, 0.2) is 0 Å². The maximum absolute atomic E-state index is 5.21. The van der Waals surface area contributed by atoms with Crippen molar-refractivity contribution in [3.63, 3.8) is 0 Å². The number of benzene rings is 1. The van der Waals surface area contributed by atoms with E-state index in [9.17, 15) is 0 Å². The lowest BCUT2D eigenvalue weighted by atomic mass is 10.1. The van der Waals surface area contributed by atoms with Crippen molar-refractivity contribution < 1.29 is 0 Å². The molecule has 0 saturated heterocycles. The van der Waals surface area contributed by atoms with Crippen LogP contribution < -0.4 is 0 Å². The van der Waals surface area contributed by atoms with Crippen molar-refractivity contribution >= 4 is 75.7 Å². The summed E-state index contributed by atoms with van der Waals surface area (Å²) in [6.07, 6.45) is 7.10. The summed E-state index contributed by atoms with van der Waals surface area (Å²) in [6, 6.07) is 9.46. The molecule has 5 heteroatoms. The molecule has 4 aromatic heterocycles. The second kappa shape index (κ2) is 8.10. The van der Waals surface area contributed by atoms with E-state index >= 15 is 0 Å². The van der Waals surface area contributed by atoms with Crippen LogP contribution in [0.2, 0.25) is 0 Å². The van der Waals surface area contributed by atoms with Gasteiger partial charge in [-0.1, -0.05) is 40.0 Å². The molecule has 1 aromatic carbocycles. The highest BCUT2D eigenvalue weighted by Gasteiger charge is 2.19. The smallest absolute Gasteiger partial charge is 0.134 e. The van der Waals surface area contributed by atoms with Crippen LogP contribution in [0.3, 0.4) is 0 Å². The Balaban J connectivity index is 1.77. The molecule has 0 saturated carbocycles. The van der Waals surface area contributed by atoms with Gasteiger partial charge in [0.2, 0.25) is 0 Å². The highest BCUT2D eigenvalue weighted by Crippen LogP contribution is 2.47. The lowest BCUT2D eigenvalue weighted by Gasteiger charge is -1.95. The molecular weight excluding hydrogens is 431 g/mol. The van der Waals surface area contributed by atoms with E-state index in [0.29, 0.717) is 0 Å². The van der Waals surface area contributed by atoms with E-state index in [0.717, 1.165) is 6.42 Å². The molecule has 0 N–H and O–H groups in total. The number of thiazole rings is 1. The predicted octanol–water partition coefficient (Wildman–Crippen LogP) is 9.31. The molecule has 0 amide bonds. The normalized spacial score (nSPS) is 12.1. The van der Waals surface area contributed by atoms with Crippen LogP contribution in [0.15, 0.2) is 24.3 Å². The fraction of sp³-hybridized carbons (Fsp3) is 0.375. The predicted molar refractivity (Wildman–Crippen MR) is 136 cm³/mol. The Kier molecular flexibility index (Phi) is 5.50. The van der Waals surface area contributed by atoms with Crippen molar-refractivity contribution in [3.05, 3.63) is 38.9 Å². The minimum atomic E-state index is 1.16. The van der Waals surface area contributed by atoms with Crippen molar-refractivity contribution in [2.24, 2.45) is 0 Å². The van der Waals surface area contributed by atoms with Gasteiger partial charge < -0.3 is 0 Å². The highest BCUT2D eigenvalue weighted by atomic mass is 32.1. The molecule has 5 rings (SSSR count). The van der Waals surface area contributed by atoms with Crippen molar-refractivity contribution in [2.75, 3.05) is 0 Å². The van der Waals surface area contributed by atoms with Gasteiger partial charge >= 0.3 is 0 Å². The molecule has 0 fully saturated rings. The fourth-order valence-electron chi connectivity index (χ4n) is 3.97. The molecule has 5 aromatic rings. The van der Waals surface area contributed by atoms with Gasteiger partial charge in [-0.2, -0.15) is 0 Å². The first-order valence-corrected chi connectivity index (χ1v) is 13.8. The molecule has 29 heavy (non-hydrogen) atoms. The number of nitrogens with zero attached hydrogens (tertiary/aromatic N) is 1. The molecule has 0 aliphatic heterocycles. The summed E-state index contributed by atoms with van der Waals surface area (Å²) >= 11 is 7.77. The van der Waals surface area contributed by atoms with Crippen LogP contribution in [0.1, 0.15) is 54.7 Å². The van der Waals surface area contributed by atoms with Crippen LogP contribution in [0, 0.1) is 0 Å². The summed E-state index contributed by atoms with van der Waals surface area (Å²) in [4.78, 5) is 11.0. The Labute approximate surface area is 188 Å². The Bertz CT molecular complexity index is 1220. The first-order valence-electron chi connectivity index (χ1n) is 10.6. The Morgan fingerprint density at radius 1 is 0.655 bits per heavy atom. The Morgan fingerprint density at radius 2 is 1.28 bits per heavy atom. The third-order valence-electron chi connectivity index (χ3n) is 5.27. The SMILES string of the molecule is CCCc1ccc(-c2nc3c4sc(CCC)cc4c4cc(CCC)sc4c3s2)s1. The zero-order chi connectivity index (χ0) is 20.0. The Hall–Kier alpha value is -1.27. The van der Waals surface area contributed by atoms with Crippen molar-refractivity contribution in [3.8, 4) is 9.88 Å². The number of hydrogen-bond acceptors (Lipinski definition) is 5. The standard InChI is InChI=1S/C24H25NS4/c1-4-7-14-10-11-19(26-14)24-25-20-21-17(12-15(27-21)8-5-2)18-13-16(9-6-3)28-22(18)23(20)29-24/h10-13H,4-9H2,1-3H3. The minimum Gasteiger partial charge on any atom is -0.234 e. The molecule has 0 radical (unpaired) electrons. The van der Waals surface area contributed by atoms with E-state index in [1.165, 1.54) is 87.0 Å². The lowest BCUT2D eigenvalue weighted by molar-refractivity contribution is 0.940. The third-order valence-corrected chi connectivity index (χ3v) is 10.2. The van der Waals surface area contributed by atoms with E-state index in [-0.39, 0.29) is 0 Å². The van der Waals surface area contributed by atoms with Crippen LogP contribution in [0.5, 0.6) is 0 Å². The monoisotopic (exact) mass is 455 g/mol. The van der Waals surface area contributed by atoms with E-state index in [1.807, 2.05) is 45.3 Å². The zero-order valence-corrected chi connectivity index (χ0v) is 20.4. The number of hydrogen-bond donors (Lipinski definition) is 0. The molecule has 4 heterocycles. The fourth-order valence-corrected chi connectivity index (χ4v) is 8.96. The van der Waals surface area contributed by atoms with Gasteiger partial charge in [0.05, 0.1) is 19.0 Å². The van der Waals surface area contributed by atoms with Crippen LogP contribution in [-0.2, 0) is 19.3 Å². The second-order valence-corrected chi connectivity index (χ2v) is 12.1. The van der Waals surface area contributed by atoms with Gasteiger partial charge in [-0.15, -0.1) is 45.3 Å². The average Bonchev–Trinajstić information content (AvgIpc) is 3.46. The molecule has 0 unspecified atom stereocenters. The molecular formula is C24H25NS4. The number of fused-ring (bicyclic) bond motifs is 6. The second-order valence-electron chi connectivity index (χ2n) is 7.62. The van der Waals surface area contributed by atoms with E-state index < -0.39 is 0 Å². The molecule has 0 aliphatic rings. The van der Waals surface area contributed by atoms with Gasteiger partial charge in [-0.25, -0.2) is 4.98 Å². The quantitative estimate of drug-likeness (QED) is 0.238. The summed E-state index contributed by atoms with van der Waals surface area (Å²) in [7, 11) is 0. The van der Waals surface area contributed by atoms with Gasteiger partial charge in [-0.3, -0.25) is 0 Å². The lowest BCUT2D eigenvalue weighted by Crippen LogP contribution is -1.74. The first kappa shape index (κ1) is 19.7. The van der Waals surface area contributed by atoms with Crippen molar-refractivity contribution in [1.29, 1.82) is 0 Å². The maximum atomic E-state index is 5.21. The van der Waals surface area contributed by atoms with E-state index in [2.05, 4.69) is 45.0 Å². The Morgan fingerprint density at radius 3 is 1.97 bits per heavy atom. The largest absolute Gasteiger partial charge is 0.234 e. The summed E-state index contributed by atoms with van der Waals surface area (Å²) in [6.45, 7) is 6.79.